The van der Waals surface area contributed by atoms with Gasteiger partial charge in [-0.1, -0.05) is 12.1 Å². The number of anilines is 1. The molecule has 1 unspecified atom stereocenters. The molecule has 0 bridgehead atoms. The van der Waals surface area contributed by atoms with Gasteiger partial charge in [0, 0.05) is 18.6 Å². The molecule has 0 aliphatic carbocycles. The van der Waals surface area contributed by atoms with E-state index in [0.29, 0.717) is 5.56 Å². The second kappa shape index (κ2) is 4.98. The van der Waals surface area contributed by atoms with E-state index in [2.05, 4.69) is 11.8 Å². The maximum Gasteiger partial charge on any atom is 0.339 e. The van der Waals surface area contributed by atoms with Crippen LogP contribution in [0.5, 0.6) is 0 Å². The van der Waals surface area contributed by atoms with Gasteiger partial charge in [0.05, 0.1) is 18.4 Å². The second-order valence-corrected chi connectivity index (χ2v) is 5.19. The number of carbonyl (C=O) groups excluding carboxylic acids is 1. The van der Waals surface area contributed by atoms with E-state index in [1.165, 1.54) is 7.11 Å². The Morgan fingerprint density at radius 2 is 2.17 bits per heavy atom. The van der Waals surface area contributed by atoms with E-state index in [-0.39, 0.29) is 11.5 Å². The number of nitrogens with two attached hydrogens (primary N) is 1. The summed E-state index contributed by atoms with van der Waals surface area (Å²) in [6.45, 7) is 3.75. The Labute approximate surface area is 108 Å². The van der Waals surface area contributed by atoms with E-state index in [1.807, 2.05) is 18.2 Å². The number of nitrogens with zero attached hydrogens (tertiary/aromatic N) is 1. The third-order valence-electron chi connectivity index (χ3n) is 3.38. The zero-order chi connectivity index (χ0) is 13.2. The molecule has 1 fully saturated rings. The molecule has 98 valence electrons. The van der Waals surface area contributed by atoms with Crippen LogP contribution >= 0.6 is 0 Å². The van der Waals surface area contributed by atoms with E-state index in [9.17, 15) is 4.79 Å². The normalized spacial score (nSPS) is 23.8. The molecule has 0 saturated carbocycles. The number of hydrogen-bond donors (Lipinski definition) is 1. The van der Waals surface area contributed by atoms with Gasteiger partial charge in [-0.15, -0.1) is 0 Å². The molecule has 2 N–H and O–H groups in total. The van der Waals surface area contributed by atoms with E-state index in [1.54, 1.807) is 6.07 Å². The van der Waals surface area contributed by atoms with Crippen molar-refractivity contribution in [2.24, 2.45) is 5.73 Å². The fourth-order valence-corrected chi connectivity index (χ4v) is 2.51. The van der Waals surface area contributed by atoms with Crippen molar-refractivity contribution in [3.8, 4) is 0 Å². The lowest BCUT2D eigenvalue weighted by Gasteiger charge is -2.39. The summed E-state index contributed by atoms with van der Waals surface area (Å²) in [6, 6.07) is 7.53. The predicted octanol–water partition coefficient (Wildman–Crippen LogP) is 1.79. The van der Waals surface area contributed by atoms with Gasteiger partial charge in [-0.2, -0.15) is 0 Å². The van der Waals surface area contributed by atoms with Gasteiger partial charge in [0.2, 0.25) is 0 Å². The molecule has 1 aliphatic rings. The lowest BCUT2D eigenvalue weighted by atomic mass is 9.91. The van der Waals surface area contributed by atoms with Crippen LogP contribution in [0.25, 0.3) is 0 Å². The molecule has 0 radical (unpaired) electrons. The molecule has 1 aliphatic heterocycles. The molecule has 4 nitrogen and oxygen atoms in total. The highest BCUT2D eigenvalue weighted by molar-refractivity contribution is 5.95. The number of hydrogen-bond acceptors (Lipinski definition) is 4. The van der Waals surface area contributed by atoms with Crippen molar-refractivity contribution < 1.29 is 9.53 Å². The predicted molar refractivity (Wildman–Crippen MR) is 71.8 cm³/mol. The molecule has 0 aromatic heterocycles. The lowest BCUT2D eigenvalue weighted by Crippen LogP contribution is -2.52. The van der Waals surface area contributed by atoms with E-state index in [4.69, 9.17) is 10.5 Å². The Balaban J connectivity index is 2.30. The summed E-state index contributed by atoms with van der Waals surface area (Å²) < 4.78 is 4.82. The molecule has 1 aromatic carbocycles. The molecule has 1 aromatic rings. The molecule has 1 saturated heterocycles. The minimum absolute atomic E-state index is 0.193. The average Bonchev–Trinajstić information content (AvgIpc) is 2.36. The monoisotopic (exact) mass is 248 g/mol. The van der Waals surface area contributed by atoms with Gasteiger partial charge >= 0.3 is 5.97 Å². The fourth-order valence-electron chi connectivity index (χ4n) is 2.51. The molecule has 18 heavy (non-hydrogen) atoms. The van der Waals surface area contributed by atoms with Crippen molar-refractivity contribution in [2.45, 2.75) is 25.3 Å². The summed E-state index contributed by atoms with van der Waals surface area (Å²) in [4.78, 5) is 13.9. The number of para-hydroxylation sites is 1. The van der Waals surface area contributed by atoms with Gasteiger partial charge < -0.3 is 15.4 Å². The molecule has 4 heteroatoms. The number of carbonyl (C=O) groups is 1. The summed E-state index contributed by atoms with van der Waals surface area (Å²) in [5.41, 5.74) is 7.54. The topological polar surface area (TPSA) is 55.6 Å². The largest absolute Gasteiger partial charge is 0.465 e. The Bertz CT molecular complexity index is 443. The quantitative estimate of drug-likeness (QED) is 0.811. The Morgan fingerprint density at radius 3 is 2.83 bits per heavy atom. The summed E-state index contributed by atoms with van der Waals surface area (Å²) in [5, 5.41) is 0. The minimum Gasteiger partial charge on any atom is -0.465 e. The van der Waals surface area contributed by atoms with Gasteiger partial charge in [-0.05, 0) is 31.9 Å². The van der Waals surface area contributed by atoms with Crippen LogP contribution in [0.4, 0.5) is 5.69 Å². The smallest absolute Gasteiger partial charge is 0.339 e. The standard InChI is InChI=1S/C14H20N2O2/c1-14(15)8-5-9-16(10-14)12-7-4-3-6-11(12)13(17)18-2/h3-4,6-7H,5,8-10,15H2,1-2H3. The molecular formula is C14H20N2O2. The number of ether oxygens (including phenoxy) is 1. The molecule has 1 heterocycles. The van der Waals surface area contributed by atoms with Crippen molar-refractivity contribution in [3.63, 3.8) is 0 Å². The highest BCUT2D eigenvalue weighted by Gasteiger charge is 2.28. The molecule has 2 rings (SSSR count). The van der Waals surface area contributed by atoms with Gasteiger partial charge in [-0.3, -0.25) is 0 Å². The highest BCUT2D eigenvalue weighted by atomic mass is 16.5. The Kier molecular flexibility index (Phi) is 3.57. The van der Waals surface area contributed by atoms with Gasteiger partial charge in [0.25, 0.3) is 0 Å². The summed E-state index contributed by atoms with van der Waals surface area (Å²) in [6.07, 6.45) is 2.06. The maximum atomic E-state index is 11.8. The first-order valence-electron chi connectivity index (χ1n) is 6.25. The van der Waals surface area contributed by atoms with E-state index < -0.39 is 0 Å². The van der Waals surface area contributed by atoms with Gasteiger partial charge in [-0.25, -0.2) is 4.79 Å². The summed E-state index contributed by atoms with van der Waals surface area (Å²) in [5.74, 6) is -0.296. The Morgan fingerprint density at radius 1 is 1.44 bits per heavy atom. The second-order valence-electron chi connectivity index (χ2n) is 5.19. The van der Waals surface area contributed by atoms with Crippen LogP contribution < -0.4 is 10.6 Å². The zero-order valence-corrected chi connectivity index (χ0v) is 11.0. The highest BCUT2D eigenvalue weighted by Crippen LogP contribution is 2.27. The zero-order valence-electron chi connectivity index (χ0n) is 11.0. The SMILES string of the molecule is COC(=O)c1ccccc1N1CCCC(C)(N)C1. The first kappa shape index (κ1) is 12.9. The van der Waals surface area contributed by atoms with Crippen LogP contribution in [-0.2, 0) is 4.74 Å². The first-order valence-corrected chi connectivity index (χ1v) is 6.25. The Hall–Kier alpha value is -1.55. The summed E-state index contributed by atoms with van der Waals surface area (Å²) >= 11 is 0. The van der Waals surface area contributed by atoms with Crippen LogP contribution in [0.15, 0.2) is 24.3 Å². The van der Waals surface area contributed by atoms with Crippen molar-refractivity contribution >= 4 is 11.7 Å². The van der Waals surface area contributed by atoms with Gasteiger partial charge in [0.1, 0.15) is 0 Å². The van der Waals surface area contributed by atoms with Crippen LogP contribution in [0.1, 0.15) is 30.1 Å². The van der Waals surface area contributed by atoms with E-state index >= 15 is 0 Å². The van der Waals surface area contributed by atoms with Crippen LogP contribution in [0.2, 0.25) is 0 Å². The van der Waals surface area contributed by atoms with Gasteiger partial charge in [0.15, 0.2) is 0 Å². The minimum atomic E-state index is -0.296. The summed E-state index contributed by atoms with van der Waals surface area (Å²) in [7, 11) is 1.41. The number of rotatable bonds is 2. The average molecular weight is 248 g/mol. The van der Waals surface area contributed by atoms with Crippen LogP contribution in [0, 0.1) is 0 Å². The number of benzene rings is 1. The molecule has 0 spiro atoms. The molecular weight excluding hydrogens is 228 g/mol. The molecule has 1 atom stereocenters. The third-order valence-corrected chi connectivity index (χ3v) is 3.38. The van der Waals surface area contributed by atoms with Crippen molar-refractivity contribution in [3.05, 3.63) is 29.8 Å². The number of piperidine rings is 1. The number of esters is 1. The fraction of sp³-hybridized carbons (Fsp3) is 0.500. The van der Waals surface area contributed by atoms with Crippen LogP contribution in [-0.4, -0.2) is 31.7 Å². The van der Waals surface area contributed by atoms with Crippen molar-refractivity contribution in [1.82, 2.24) is 0 Å². The number of methoxy groups -OCH3 is 1. The lowest BCUT2D eigenvalue weighted by molar-refractivity contribution is 0.0601. The van der Waals surface area contributed by atoms with Crippen molar-refractivity contribution in [1.29, 1.82) is 0 Å². The van der Waals surface area contributed by atoms with Crippen LogP contribution in [0.3, 0.4) is 0 Å². The molecule has 0 amide bonds. The van der Waals surface area contributed by atoms with E-state index in [0.717, 1.165) is 31.6 Å². The maximum absolute atomic E-state index is 11.8. The first-order chi connectivity index (χ1) is 8.53. The third kappa shape index (κ3) is 2.64. The van der Waals surface area contributed by atoms with Crippen molar-refractivity contribution in [2.75, 3.05) is 25.1 Å².